The molecular weight excluding hydrogens is 218 g/mol. The average Bonchev–Trinajstić information content (AvgIpc) is 2.74. The molecule has 0 saturated heterocycles. The fourth-order valence-corrected chi connectivity index (χ4v) is 2.24. The van der Waals surface area contributed by atoms with Gasteiger partial charge >= 0.3 is 5.97 Å². The lowest BCUT2D eigenvalue weighted by molar-refractivity contribution is -0.148. The second-order valence-electron chi connectivity index (χ2n) is 5.54. The van der Waals surface area contributed by atoms with Crippen LogP contribution >= 0.6 is 0 Å². The summed E-state index contributed by atoms with van der Waals surface area (Å²) >= 11 is 0. The van der Waals surface area contributed by atoms with Crippen LogP contribution in [0.1, 0.15) is 46.5 Å². The average molecular weight is 241 g/mol. The van der Waals surface area contributed by atoms with Crippen LogP contribution in [0.15, 0.2) is 0 Å². The first-order valence-corrected chi connectivity index (χ1v) is 6.40. The minimum Gasteiger partial charge on any atom is -0.481 e. The zero-order valence-corrected chi connectivity index (χ0v) is 11.0. The fourth-order valence-electron chi connectivity index (χ4n) is 2.24. The van der Waals surface area contributed by atoms with Crippen molar-refractivity contribution in [3.05, 3.63) is 0 Å². The molecule has 4 nitrogen and oxygen atoms in total. The Morgan fingerprint density at radius 1 is 1.24 bits per heavy atom. The van der Waals surface area contributed by atoms with Gasteiger partial charge in [-0.15, -0.1) is 0 Å². The number of carbonyl (C=O) groups excluding carboxylic acids is 1. The maximum absolute atomic E-state index is 11.8. The highest BCUT2D eigenvalue weighted by molar-refractivity contribution is 5.80. The molecule has 1 rings (SSSR count). The summed E-state index contributed by atoms with van der Waals surface area (Å²) in [4.78, 5) is 23.1. The van der Waals surface area contributed by atoms with Gasteiger partial charge in [0.15, 0.2) is 0 Å². The van der Waals surface area contributed by atoms with Crippen molar-refractivity contribution in [1.29, 1.82) is 0 Å². The van der Waals surface area contributed by atoms with E-state index in [4.69, 9.17) is 0 Å². The van der Waals surface area contributed by atoms with E-state index in [0.29, 0.717) is 12.8 Å². The molecule has 2 N–H and O–H groups in total. The van der Waals surface area contributed by atoms with E-state index in [2.05, 4.69) is 5.32 Å². The zero-order valence-electron chi connectivity index (χ0n) is 11.0. The molecule has 0 aromatic carbocycles. The maximum Gasteiger partial charge on any atom is 0.311 e. The lowest BCUT2D eigenvalue weighted by Crippen LogP contribution is -2.43. The van der Waals surface area contributed by atoms with Crippen LogP contribution in [-0.4, -0.2) is 23.5 Å². The van der Waals surface area contributed by atoms with E-state index >= 15 is 0 Å². The molecule has 0 bridgehead atoms. The number of rotatable bonds is 5. The Hall–Kier alpha value is -1.06. The van der Waals surface area contributed by atoms with Crippen molar-refractivity contribution in [3.8, 4) is 0 Å². The molecule has 98 valence electrons. The van der Waals surface area contributed by atoms with Gasteiger partial charge in [-0.05, 0) is 18.8 Å². The van der Waals surface area contributed by atoms with Gasteiger partial charge in [0.05, 0.1) is 5.41 Å². The molecule has 1 unspecified atom stereocenters. The van der Waals surface area contributed by atoms with Crippen molar-refractivity contribution in [1.82, 2.24) is 5.32 Å². The van der Waals surface area contributed by atoms with Crippen LogP contribution in [0.3, 0.4) is 0 Å². The normalized spacial score (nSPS) is 20.2. The molecule has 0 aliphatic heterocycles. The highest BCUT2D eigenvalue weighted by Gasteiger charge is 2.41. The number of hydrogen-bond acceptors (Lipinski definition) is 2. The number of carbonyl (C=O) groups is 2. The Morgan fingerprint density at radius 3 is 2.18 bits per heavy atom. The van der Waals surface area contributed by atoms with E-state index in [1.165, 1.54) is 0 Å². The minimum atomic E-state index is -0.771. The van der Waals surface area contributed by atoms with Crippen molar-refractivity contribution >= 4 is 11.9 Å². The number of hydrogen-bond donors (Lipinski definition) is 2. The highest BCUT2D eigenvalue weighted by Crippen LogP contribution is 2.37. The summed E-state index contributed by atoms with van der Waals surface area (Å²) in [6, 6.07) is 0. The molecule has 1 aliphatic carbocycles. The number of carboxylic acids is 1. The van der Waals surface area contributed by atoms with Crippen LogP contribution in [0.5, 0.6) is 0 Å². The number of aliphatic carboxylic acids is 1. The molecule has 0 radical (unpaired) electrons. The third kappa shape index (κ3) is 3.20. The van der Waals surface area contributed by atoms with Crippen molar-refractivity contribution < 1.29 is 14.7 Å². The van der Waals surface area contributed by atoms with Gasteiger partial charge in [-0.25, -0.2) is 0 Å². The predicted octanol–water partition coefficient (Wildman–Crippen LogP) is 2.04. The van der Waals surface area contributed by atoms with E-state index in [9.17, 15) is 14.7 Å². The van der Waals surface area contributed by atoms with E-state index in [0.717, 1.165) is 12.8 Å². The third-order valence-electron chi connectivity index (χ3n) is 4.03. The molecule has 1 saturated carbocycles. The van der Waals surface area contributed by atoms with E-state index < -0.39 is 11.4 Å². The van der Waals surface area contributed by atoms with Gasteiger partial charge in [0, 0.05) is 12.5 Å². The topological polar surface area (TPSA) is 66.4 Å². The maximum atomic E-state index is 11.8. The smallest absolute Gasteiger partial charge is 0.311 e. The first-order chi connectivity index (χ1) is 7.89. The quantitative estimate of drug-likeness (QED) is 0.774. The molecule has 0 aromatic rings. The molecule has 1 aliphatic rings. The van der Waals surface area contributed by atoms with Crippen LogP contribution in [0, 0.1) is 17.3 Å². The lowest BCUT2D eigenvalue weighted by Gasteiger charge is -2.25. The molecule has 17 heavy (non-hydrogen) atoms. The van der Waals surface area contributed by atoms with Gasteiger partial charge in [-0.3, -0.25) is 9.59 Å². The summed E-state index contributed by atoms with van der Waals surface area (Å²) in [5.41, 5.74) is -0.716. The SMILES string of the molecule is CC(C)C(C)C(=O)NCC1(C(=O)O)CCCC1. The highest BCUT2D eigenvalue weighted by atomic mass is 16.4. The first-order valence-electron chi connectivity index (χ1n) is 6.40. The van der Waals surface area contributed by atoms with E-state index in [1.54, 1.807) is 0 Å². The Bertz CT molecular complexity index is 293. The summed E-state index contributed by atoms with van der Waals surface area (Å²) in [5, 5.41) is 12.1. The predicted molar refractivity (Wildman–Crippen MR) is 65.5 cm³/mol. The van der Waals surface area contributed by atoms with Crippen molar-refractivity contribution in [2.24, 2.45) is 17.3 Å². The molecule has 4 heteroatoms. The van der Waals surface area contributed by atoms with Gasteiger partial charge in [-0.1, -0.05) is 33.6 Å². The van der Waals surface area contributed by atoms with E-state index in [-0.39, 0.29) is 24.3 Å². The fraction of sp³-hybridized carbons (Fsp3) is 0.846. The summed E-state index contributed by atoms with van der Waals surface area (Å²) in [6.45, 7) is 6.14. The largest absolute Gasteiger partial charge is 0.481 e. The standard InChI is InChI=1S/C13H23NO3/c1-9(2)10(3)11(15)14-8-13(12(16)17)6-4-5-7-13/h9-10H,4-8H2,1-3H3,(H,14,15)(H,16,17). The third-order valence-corrected chi connectivity index (χ3v) is 4.03. The summed E-state index contributed by atoms with van der Waals surface area (Å²) in [5.74, 6) is -0.596. The second kappa shape index (κ2) is 5.52. The van der Waals surface area contributed by atoms with Crippen LogP contribution in [0.2, 0.25) is 0 Å². The Morgan fingerprint density at radius 2 is 1.76 bits per heavy atom. The van der Waals surface area contributed by atoms with E-state index in [1.807, 2.05) is 20.8 Å². The zero-order chi connectivity index (χ0) is 13.1. The Kier molecular flexibility index (Phi) is 4.54. The summed E-state index contributed by atoms with van der Waals surface area (Å²) < 4.78 is 0. The number of carboxylic acid groups (broad SMARTS) is 1. The van der Waals surface area contributed by atoms with Gasteiger partial charge in [0.1, 0.15) is 0 Å². The van der Waals surface area contributed by atoms with Crippen molar-refractivity contribution in [3.63, 3.8) is 0 Å². The Balaban J connectivity index is 2.54. The van der Waals surface area contributed by atoms with Gasteiger partial charge in [0.25, 0.3) is 0 Å². The molecule has 1 fully saturated rings. The number of amides is 1. The van der Waals surface area contributed by atoms with Crippen LogP contribution in [0.25, 0.3) is 0 Å². The molecule has 0 aromatic heterocycles. The van der Waals surface area contributed by atoms with Crippen molar-refractivity contribution in [2.75, 3.05) is 6.54 Å². The minimum absolute atomic E-state index is 0.0347. The summed E-state index contributed by atoms with van der Waals surface area (Å²) in [7, 11) is 0. The van der Waals surface area contributed by atoms with Gasteiger partial charge in [0.2, 0.25) is 5.91 Å². The lowest BCUT2D eigenvalue weighted by atomic mass is 9.86. The molecule has 0 spiro atoms. The monoisotopic (exact) mass is 241 g/mol. The molecule has 1 atom stereocenters. The van der Waals surface area contributed by atoms with Crippen molar-refractivity contribution in [2.45, 2.75) is 46.5 Å². The second-order valence-corrected chi connectivity index (χ2v) is 5.54. The molecule has 0 heterocycles. The molecule has 1 amide bonds. The van der Waals surface area contributed by atoms with Crippen LogP contribution in [0.4, 0.5) is 0 Å². The first kappa shape index (κ1) is 14.0. The van der Waals surface area contributed by atoms with Crippen LogP contribution < -0.4 is 5.32 Å². The summed E-state index contributed by atoms with van der Waals surface area (Å²) in [6.07, 6.45) is 3.25. The number of nitrogens with one attached hydrogen (secondary N) is 1. The molecular formula is C13H23NO3. The Labute approximate surface area is 103 Å². The van der Waals surface area contributed by atoms with Crippen LogP contribution in [-0.2, 0) is 9.59 Å². The van der Waals surface area contributed by atoms with Gasteiger partial charge in [-0.2, -0.15) is 0 Å². The van der Waals surface area contributed by atoms with Gasteiger partial charge < -0.3 is 10.4 Å².